The normalized spacial score (nSPS) is 19.8. The molecule has 1 aliphatic rings. The molecule has 1 fully saturated rings. The molecule has 0 radical (unpaired) electrons. The Morgan fingerprint density at radius 3 is 2.39 bits per heavy atom. The van der Waals surface area contributed by atoms with Gasteiger partial charge < -0.3 is 13.6 Å². The van der Waals surface area contributed by atoms with Gasteiger partial charge in [0.25, 0.3) is 0 Å². The molecule has 3 aromatic rings. The molecular formula is C29H38N2O4Si. The van der Waals surface area contributed by atoms with Gasteiger partial charge in [0, 0.05) is 19.6 Å². The molecule has 2 aromatic carbocycles. The lowest BCUT2D eigenvalue weighted by atomic mass is 10.2. The Hall–Kier alpha value is -2.74. The number of hydrogen-bond acceptors (Lipinski definition) is 6. The van der Waals surface area contributed by atoms with Crippen molar-refractivity contribution in [2.75, 3.05) is 13.2 Å². The Morgan fingerprint density at radius 2 is 1.72 bits per heavy atom. The third kappa shape index (κ3) is 6.52. The van der Waals surface area contributed by atoms with Crippen LogP contribution in [0.5, 0.6) is 0 Å². The van der Waals surface area contributed by atoms with Crippen LogP contribution in [0.1, 0.15) is 60.8 Å². The van der Waals surface area contributed by atoms with Gasteiger partial charge in [-0.05, 0) is 42.2 Å². The average molecular weight is 507 g/mol. The van der Waals surface area contributed by atoms with Crippen LogP contribution in [-0.2, 0) is 22.1 Å². The lowest BCUT2D eigenvalue weighted by molar-refractivity contribution is 0.0492. The molecule has 36 heavy (non-hydrogen) atoms. The van der Waals surface area contributed by atoms with Gasteiger partial charge in [-0.2, -0.15) is 0 Å². The Kier molecular flexibility index (Phi) is 8.12. The zero-order valence-corrected chi connectivity index (χ0v) is 23.1. The molecule has 0 spiro atoms. The van der Waals surface area contributed by atoms with E-state index in [-0.39, 0.29) is 23.1 Å². The molecule has 1 aromatic heterocycles. The molecule has 1 aliphatic heterocycles. The van der Waals surface area contributed by atoms with Crippen molar-refractivity contribution in [1.29, 1.82) is 0 Å². The fourth-order valence-corrected chi connectivity index (χ4v) is 5.11. The van der Waals surface area contributed by atoms with E-state index in [1.54, 1.807) is 12.1 Å². The van der Waals surface area contributed by atoms with Crippen molar-refractivity contribution in [3.8, 4) is 0 Å². The van der Waals surface area contributed by atoms with Crippen LogP contribution in [0.2, 0.25) is 18.1 Å². The minimum Gasteiger partial charge on any atom is -0.460 e. The topological polar surface area (TPSA) is 64.6 Å². The summed E-state index contributed by atoms with van der Waals surface area (Å²) in [5.41, 5.74) is 1.76. The molecule has 0 amide bonds. The van der Waals surface area contributed by atoms with Gasteiger partial charge in [0.1, 0.15) is 18.4 Å². The van der Waals surface area contributed by atoms with Crippen LogP contribution in [0, 0.1) is 0 Å². The fourth-order valence-electron chi connectivity index (χ4n) is 4.02. The van der Waals surface area contributed by atoms with E-state index in [9.17, 15) is 4.79 Å². The molecule has 4 rings (SSSR count). The number of oxazole rings is 1. The molecule has 1 saturated heterocycles. The summed E-state index contributed by atoms with van der Waals surface area (Å²) >= 11 is 0. The van der Waals surface area contributed by atoms with E-state index in [2.05, 4.69) is 55.9 Å². The zero-order chi connectivity index (χ0) is 25.8. The third-order valence-corrected chi connectivity index (χ3v) is 11.9. The van der Waals surface area contributed by atoms with Crippen molar-refractivity contribution in [2.24, 2.45) is 0 Å². The molecule has 3 atom stereocenters. The Balaban J connectivity index is 1.35. The number of ether oxygens (including phenoxy) is 1. The maximum atomic E-state index is 12.5. The summed E-state index contributed by atoms with van der Waals surface area (Å²) in [5, 5.41) is 0.208. The minimum atomic E-state index is -1.74. The summed E-state index contributed by atoms with van der Waals surface area (Å²) in [4.78, 5) is 19.3. The Bertz CT molecular complexity index is 1120. The predicted molar refractivity (Wildman–Crippen MR) is 143 cm³/mol. The molecule has 2 heterocycles. The van der Waals surface area contributed by atoms with Crippen LogP contribution in [0.3, 0.4) is 0 Å². The lowest BCUT2D eigenvalue weighted by Gasteiger charge is -2.36. The number of benzene rings is 2. The largest absolute Gasteiger partial charge is 0.460 e. The summed E-state index contributed by atoms with van der Waals surface area (Å²) in [6.07, 6.45) is 3.52. The van der Waals surface area contributed by atoms with Gasteiger partial charge in [0.05, 0.1) is 17.8 Å². The van der Waals surface area contributed by atoms with Crippen molar-refractivity contribution in [1.82, 2.24) is 9.88 Å². The predicted octanol–water partition coefficient (Wildman–Crippen LogP) is 6.41. The number of carbonyl (C=O) groups is 1. The minimum absolute atomic E-state index is 0.00832. The highest BCUT2D eigenvalue weighted by molar-refractivity contribution is 6.74. The van der Waals surface area contributed by atoms with E-state index in [0.29, 0.717) is 18.1 Å². The highest BCUT2D eigenvalue weighted by atomic mass is 28.4. The molecule has 6 nitrogen and oxygen atoms in total. The number of carbonyl (C=O) groups excluding carboxylic acids is 1. The highest BCUT2D eigenvalue weighted by Crippen LogP contribution is 2.44. The first-order valence-corrected chi connectivity index (χ1v) is 15.7. The standard InChI is InChI=1S/C29H38N2O4Si/c1-29(2,3)36(4,5)34-18-12-17-24-19-30-27(35-24)26-25(31(26)20-22-13-8-6-9-14-22)21-33-28(32)23-15-10-7-11-16-23/h6-11,13-16,19,25-26H,12,17-18,20-21H2,1-5H3/t25-,26-,31?/m0/s1. The molecule has 7 heteroatoms. The first-order valence-electron chi connectivity index (χ1n) is 12.8. The maximum absolute atomic E-state index is 12.5. The van der Waals surface area contributed by atoms with Crippen molar-refractivity contribution in [2.45, 2.75) is 70.4 Å². The molecule has 0 saturated carbocycles. The molecule has 0 bridgehead atoms. The maximum Gasteiger partial charge on any atom is 0.338 e. The van der Waals surface area contributed by atoms with Crippen LogP contribution < -0.4 is 0 Å². The molecule has 1 unspecified atom stereocenters. The summed E-state index contributed by atoms with van der Waals surface area (Å²) in [6, 6.07) is 19.4. The second-order valence-corrected chi connectivity index (χ2v) is 15.8. The van der Waals surface area contributed by atoms with Crippen molar-refractivity contribution in [3.05, 3.63) is 89.6 Å². The van der Waals surface area contributed by atoms with Crippen LogP contribution in [0.4, 0.5) is 0 Å². The monoisotopic (exact) mass is 506 g/mol. The summed E-state index contributed by atoms with van der Waals surface area (Å²) in [7, 11) is -1.74. The first kappa shape index (κ1) is 26.3. The van der Waals surface area contributed by atoms with Crippen molar-refractivity contribution >= 4 is 14.3 Å². The number of aromatic nitrogens is 1. The average Bonchev–Trinajstić information content (AvgIpc) is 3.31. The molecule has 192 valence electrons. The van der Waals surface area contributed by atoms with Gasteiger partial charge in [-0.1, -0.05) is 69.3 Å². The van der Waals surface area contributed by atoms with E-state index in [4.69, 9.17) is 13.6 Å². The van der Waals surface area contributed by atoms with Crippen LogP contribution in [-0.4, -0.2) is 43.4 Å². The van der Waals surface area contributed by atoms with E-state index >= 15 is 0 Å². The van der Waals surface area contributed by atoms with Gasteiger partial charge in [-0.15, -0.1) is 0 Å². The number of nitrogens with zero attached hydrogens (tertiary/aromatic N) is 2. The summed E-state index contributed by atoms with van der Waals surface area (Å²) < 4.78 is 18.1. The van der Waals surface area contributed by atoms with Gasteiger partial charge in [-0.25, -0.2) is 9.78 Å². The SMILES string of the molecule is CC(C)(C)[Si](C)(C)OCCCc1cnc([C@@H]2[C@H](COC(=O)c3ccccc3)N2Cc2ccccc2)o1. The second-order valence-electron chi connectivity index (χ2n) is 11.0. The van der Waals surface area contributed by atoms with Crippen molar-refractivity contribution in [3.63, 3.8) is 0 Å². The van der Waals surface area contributed by atoms with Gasteiger partial charge in [0.2, 0.25) is 5.89 Å². The summed E-state index contributed by atoms with van der Waals surface area (Å²) in [6.45, 7) is 13.1. The third-order valence-electron chi connectivity index (χ3n) is 7.32. The number of esters is 1. The quantitative estimate of drug-likeness (QED) is 0.130. The second kappa shape index (κ2) is 11.1. The smallest absolute Gasteiger partial charge is 0.338 e. The van der Waals surface area contributed by atoms with Crippen LogP contribution in [0.15, 0.2) is 71.3 Å². The summed E-state index contributed by atoms with van der Waals surface area (Å²) in [5.74, 6) is 1.25. The van der Waals surface area contributed by atoms with Gasteiger partial charge in [0.15, 0.2) is 8.32 Å². The zero-order valence-electron chi connectivity index (χ0n) is 22.1. The Labute approximate surface area is 215 Å². The van der Waals surface area contributed by atoms with Crippen LogP contribution in [0.25, 0.3) is 0 Å². The number of hydrogen-bond donors (Lipinski definition) is 0. The van der Waals surface area contributed by atoms with Gasteiger partial charge >= 0.3 is 5.97 Å². The van der Waals surface area contributed by atoms with Crippen molar-refractivity contribution < 1.29 is 18.4 Å². The van der Waals surface area contributed by atoms with Gasteiger partial charge in [-0.3, -0.25) is 4.90 Å². The number of rotatable bonds is 11. The first-order chi connectivity index (χ1) is 17.2. The van der Waals surface area contributed by atoms with E-state index in [1.807, 2.05) is 42.6 Å². The highest BCUT2D eigenvalue weighted by Gasteiger charge is 2.52. The van der Waals surface area contributed by atoms with E-state index < -0.39 is 8.32 Å². The van der Waals surface area contributed by atoms with E-state index in [1.165, 1.54) is 5.56 Å². The number of aryl methyl sites for hydroxylation is 1. The molecule has 0 N–H and O–H groups in total. The fraction of sp³-hybridized carbons (Fsp3) is 0.448. The lowest BCUT2D eigenvalue weighted by Crippen LogP contribution is -2.41. The molecule has 0 aliphatic carbocycles. The Morgan fingerprint density at radius 1 is 1.06 bits per heavy atom. The molecular weight excluding hydrogens is 468 g/mol. The van der Waals surface area contributed by atoms with E-state index in [0.717, 1.165) is 31.8 Å². The van der Waals surface area contributed by atoms with Crippen LogP contribution >= 0.6 is 0 Å².